The molecule has 5 N–H and O–H groups in total. The zero-order valence-electron chi connectivity index (χ0n) is 17.0. The lowest BCUT2D eigenvalue weighted by molar-refractivity contribution is -0.134. The molecule has 0 amide bonds. The van der Waals surface area contributed by atoms with Gasteiger partial charge in [-0.05, 0) is 24.5 Å². The number of rotatable bonds is 12. The molecule has 0 unspecified atom stereocenters. The minimum Gasteiger partial charge on any atom is -0.508 e. The predicted octanol–water partition coefficient (Wildman–Crippen LogP) is 3.34. The summed E-state index contributed by atoms with van der Waals surface area (Å²) >= 11 is 0. The highest BCUT2D eigenvalue weighted by Gasteiger charge is 1.98. The zero-order chi connectivity index (χ0) is 20.8. The van der Waals surface area contributed by atoms with Gasteiger partial charge in [-0.1, -0.05) is 63.6 Å². The van der Waals surface area contributed by atoms with Crippen LogP contribution in [0.1, 0.15) is 64.4 Å². The Labute approximate surface area is 164 Å². The van der Waals surface area contributed by atoms with E-state index in [4.69, 9.17) is 20.1 Å². The summed E-state index contributed by atoms with van der Waals surface area (Å²) in [6.07, 6.45) is 10.3. The number of carbonyl (C=O) groups is 1. The first-order valence-electron chi connectivity index (χ1n) is 9.88. The second-order valence-corrected chi connectivity index (χ2v) is 6.22. The molecule has 0 fully saturated rings. The summed E-state index contributed by atoms with van der Waals surface area (Å²) in [4.78, 5) is 9.00. The molecule has 6 nitrogen and oxygen atoms in total. The van der Waals surface area contributed by atoms with Crippen LogP contribution in [0.3, 0.4) is 0 Å². The van der Waals surface area contributed by atoms with Gasteiger partial charge in [0.2, 0.25) is 0 Å². The van der Waals surface area contributed by atoms with Crippen molar-refractivity contribution in [3.05, 3.63) is 29.8 Å². The van der Waals surface area contributed by atoms with E-state index in [1.807, 2.05) is 18.2 Å². The number of nitrogens with one attached hydrogen (secondary N) is 1. The van der Waals surface area contributed by atoms with Crippen LogP contribution in [0.4, 0.5) is 0 Å². The maximum absolute atomic E-state index is 9.58. The van der Waals surface area contributed by atoms with E-state index >= 15 is 0 Å². The Morgan fingerprint density at radius 1 is 0.926 bits per heavy atom. The molecule has 158 valence electrons. The van der Waals surface area contributed by atoms with Gasteiger partial charge in [-0.2, -0.15) is 0 Å². The lowest BCUT2D eigenvalue weighted by Crippen LogP contribution is -2.21. The number of aliphatic hydroxyl groups is 2. The zero-order valence-corrected chi connectivity index (χ0v) is 17.0. The Balaban J connectivity index is 0. The minimum absolute atomic E-state index is 0.139. The first-order chi connectivity index (χ1) is 13.0. The van der Waals surface area contributed by atoms with Crippen LogP contribution in [0.15, 0.2) is 24.3 Å². The highest BCUT2D eigenvalue weighted by atomic mass is 16.4. The van der Waals surface area contributed by atoms with Crippen LogP contribution in [0, 0.1) is 0 Å². The molecular formula is C21H39NO5. The van der Waals surface area contributed by atoms with E-state index in [1.165, 1.54) is 44.9 Å². The number of phenols is 1. The Kier molecular flexibility index (Phi) is 22.9. The average molecular weight is 386 g/mol. The summed E-state index contributed by atoms with van der Waals surface area (Å²) in [6.45, 7) is 4.75. The fourth-order valence-electron chi connectivity index (χ4n) is 2.28. The second kappa shape index (κ2) is 22.4. The maximum Gasteiger partial charge on any atom is 0.300 e. The summed E-state index contributed by atoms with van der Waals surface area (Å²) in [6, 6.07) is 7.67. The Hall–Kier alpha value is -1.63. The monoisotopic (exact) mass is 385 g/mol. The molecule has 0 bridgehead atoms. The van der Waals surface area contributed by atoms with Crippen LogP contribution in [0.5, 0.6) is 5.75 Å². The van der Waals surface area contributed by atoms with Crippen LogP contribution in [-0.2, 0) is 11.2 Å². The Bertz CT molecular complexity index is 432. The number of aliphatic hydroxyl groups excluding tert-OH is 2. The molecule has 0 heterocycles. The van der Waals surface area contributed by atoms with Crippen molar-refractivity contribution in [3.63, 3.8) is 0 Å². The number of aromatic hydroxyl groups is 1. The molecule has 0 aliphatic rings. The number of carboxylic acid groups (broad SMARTS) is 1. The molecule has 1 aromatic rings. The molecule has 0 aliphatic carbocycles. The predicted molar refractivity (Wildman–Crippen MR) is 110 cm³/mol. The summed E-state index contributed by atoms with van der Waals surface area (Å²) < 4.78 is 0. The van der Waals surface area contributed by atoms with Gasteiger partial charge in [-0.25, -0.2) is 0 Å². The van der Waals surface area contributed by atoms with Crippen molar-refractivity contribution in [1.29, 1.82) is 0 Å². The van der Waals surface area contributed by atoms with Crippen LogP contribution < -0.4 is 5.32 Å². The van der Waals surface area contributed by atoms with Crippen molar-refractivity contribution in [2.45, 2.75) is 65.2 Å². The first-order valence-corrected chi connectivity index (χ1v) is 9.88. The third kappa shape index (κ3) is 24.4. The fraction of sp³-hybridized carbons (Fsp3) is 0.667. The topological polar surface area (TPSA) is 110 Å². The van der Waals surface area contributed by atoms with Crippen LogP contribution >= 0.6 is 0 Å². The van der Waals surface area contributed by atoms with Crippen molar-refractivity contribution in [2.24, 2.45) is 0 Å². The van der Waals surface area contributed by atoms with E-state index in [0.29, 0.717) is 18.8 Å². The number of hydrogen-bond acceptors (Lipinski definition) is 5. The van der Waals surface area contributed by atoms with Gasteiger partial charge in [-0.15, -0.1) is 0 Å². The van der Waals surface area contributed by atoms with Crippen LogP contribution in [0.2, 0.25) is 0 Å². The SMILES string of the molecule is CC(=O)O.CCCCCCCCCc1ccccc1O.OCCNCCO. The summed E-state index contributed by atoms with van der Waals surface area (Å²) in [7, 11) is 0. The van der Waals surface area contributed by atoms with E-state index in [-0.39, 0.29) is 13.2 Å². The average Bonchev–Trinajstić information content (AvgIpc) is 2.63. The Morgan fingerprint density at radius 2 is 1.41 bits per heavy atom. The second-order valence-electron chi connectivity index (χ2n) is 6.22. The number of hydrogen-bond donors (Lipinski definition) is 5. The molecule has 0 atom stereocenters. The van der Waals surface area contributed by atoms with Gasteiger partial charge < -0.3 is 25.7 Å². The van der Waals surface area contributed by atoms with Gasteiger partial charge in [0.1, 0.15) is 5.75 Å². The molecule has 6 heteroatoms. The number of aliphatic carboxylic acids is 1. The normalized spacial score (nSPS) is 9.63. The van der Waals surface area contributed by atoms with Crippen molar-refractivity contribution in [2.75, 3.05) is 26.3 Å². The van der Waals surface area contributed by atoms with E-state index in [1.54, 1.807) is 6.07 Å². The van der Waals surface area contributed by atoms with Crippen molar-refractivity contribution in [1.82, 2.24) is 5.32 Å². The molecular weight excluding hydrogens is 346 g/mol. The Morgan fingerprint density at radius 3 is 1.89 bits per heavy atom. The van der Waals surface area contributed by atoms with Gasteiger partial charge in [-0.3, -0.25) is 4.79 Å². The molecule has 0 spiro atoms. The molecule has 27 heavy (non-hydrogen) atoms. The highest BCUT2D eigenvalue weighted by Crippen LogP contribution is 2.18. The summed E-state index contributed by atoms with van der Waals surface area (Å²) in [5.74, 6) is -0.381. The molecule has 1 aromatic carbocycles. The molecule has 0 aliphatic heterocycles. The maximum atomic E-state index is 9.58. The third-order valence-corrected chi connectivity index (χ3v) is 3.62. The number of para-hydroxylation sites is 1. The van der Waals surface area contributed by atoms with E-state index in [0.717, 1.165) is 18.9 Å². The van der Waals surface area contributed by atoms with Gasteiger partial charge in [0, 0.05) is 20.0 Å². The molecule has 0 aromatic heterocycles. The lowest BCUT2D eigenvalue weighted by Gasteiger charge is -2.04. The minimum atomic E-state index is -0.833. The van der Waals surface area contributed by atoms with E-state index < -0.39 is 5.97 Å². The first kappa shape index (κ1) is 27.6. The number of aryl methyl sites for hydroxylation is 1. The smallest absolute Gasteiger partial charge is 0.300 e. The molecule has 0 radical (unpaired) electrons. The molecule has 0 saturated heterocycles. The lowest BCUT2D eigenvalue weighted by atomic mass is 10.0. The highest BCUT2D eigenvalue weighted by molar-refractivity contribution is 5.62. The molecule has 0 saturated carbocycles. The summed E-state index contributed by atoms with van der Waals surface area (Å²) in [5.41, 5.74) is 1.09. The van der Waals surface area contributed by atoms with Gasteiger partial charge >= 0.3 is 0 Å². The quantitative estimate of drug-likeness (QED) is 0.353. The third-order valence-electron chi connectivity index (χ3n) is 3.62. The number of phenolic OH excluding ortho intramolecular Hbond substituents is 1. The van der Waals surface area contributed by atoms with Gasteiger partial charge in [0.15, 0.2) is 0 Å². The van der Waals surface area contributed by atoms with Crippen LogP contribution in [-0.4, -0.2) is 52.7 Å². The number of benzene rings is 1. The standard InChI is InChI=1S/C15H24O.C4H11NO2.C2H4O2/c1-2-3-4-5-6-7-8-11-14-12-9-10-13-15(14)16;6-3-1-5-2-4-7;1-2(3)4/h9-10,12-13,16H,2-8,11H2,1H3;5-7H,1-4H2;1H3,(H,3,4). The van der Waals surface area contributed by atoms with E-state index in [9.17, 15) is 5.11 Å². The van der Waals surface area contributed by atoms with Gasteiger partial charge in [0.25, 0.3) is 5.97 Å². The largest absolute Gasteiger partial charge is 0.508 e. The van der Waals surface area contributed by atoms with Crippen molar-refractivity contribution < 1.29 is 25.2 Å². The number of carboxylic acids is 1. The molecule has 1 rings (SSSR count). The van der Waals surface area contributed by atoms with Crippen LogP contribution in [0.25, 0.3) is 0 Å². The summed E-state index contributed by atoms with van der Waals surface area (Å²) in [5, 5.41) is 36.1. The number of unbranched alkanes of at least 4 members (excludes halogenated alkanes) is 6. The van der Waals surface area contributed by atoms with Gasteiger partial charge in [0.05, 0.1) is 13.2 Å². The van der Waals surface area contributed by atoms with Crippen molar-refractivity contribution >= 4 is 5.97 Å². The fourth-order valence-corrected chi connectivity index (χ4v) is 2.28. The van der Waals surface area contributed by atoms with Crippen molar-refractivity contribution in [3.8, 4) is 5.75 Å². The van der Waals surface area contributed by atoms with E-state index in [2.05, 4.69) is 12.2 Å².